The second-order valence-corrected chi connectivity index (χ2v) is 3.24. The van der Waals surface area contributed by atoms with Gasteiger partial charge in [0.05, 0.1) is 7.11 Å². The van der Waals surface area contributed by atoms with Crippen molar-refractivity contribution in [3.05, 3.63) is 36.7 Å². The second-order valence-electron chi connectivity index (χ2n) is 3.24. The Hall–Kier alpha value is -2.34. The molecule has 0 atom stereocenters. The topological polar surface area (TPSA) is 85.1 Å². The van der Waals surface area contributed by atoms with Gasteiger partial charge in [0.25, 0.3) is 0 Å². The van der Waals surface area contributed by atoms with E-state index < -0.39 is 0 Å². The Morgan fingerprint density at radius 1 is 1.12 bits per heavy atom. The minimum absolute atomic E-state index is 0.431. The van der Waals surface area contributed by atoms with Crippen LogP contribution >= 0.6 is 0 Å². The third-order valence-electron chi connectivity index (χ3n) is 2.18. The molecule has 0 radical (unpaired) electrons. The lowest BCUT2D eigenvalue weighted by molar-refractivity contribution is 0.415. The van der Waals surface area contributed by atoms with Gasteiger partial charge < -0.3 is 15.5 Å². The molecule has 2 aromatic rings. The van der Waals surface area contributed by atoms with Crippen LogP contribution in [0, 0.1) is 0 Å². The summed E-state index contributed by atoms with van der Waals surface area (Å²) in [5.41, 5.74) is 3.37. The molecule has 2 rings (SSSR count). The first-order valence-electron chi connectivity index (χ1n) is 5.03. The second kappa shape index (κ2) is 5.13. The SMILES string of the molecule is COc1c(NN)ncnc1Nc1ccccc1. The summed E-state index contributed by atoms with van der Waals surface area (Å²) < 4.78 is 5.21. The van der Waals surface area contributed by atoms with Crippen molar-refractivity contribution < 1.29 is 4.74 Å². The Kier molecular flexibility index (Phi) is 3.37. The summed E-state index contributed by atoms with van der Waals surface area (Å²) >= 11 is 0. The Morgan fingerprint density at radius 3 is 2.47 bits per heavy atom. The quantitative estimate of drug-likeness (QED) is 0.546. The number of nitrogens with one attached hydrogen (secondary N) is 2. The van der Waals surface area contributed by atoms with Crippen molar-refractivity contribution in [2.24, 2.45) is 5.84 Å². The van der Waals surface area contributed by atoms with Gasteiger partial charge in [-0.15, -0.1) is 0 Å². The van der Waals surface area contributed by atoms with Crippen LogP contribution in [0.2, 0.25) is 0 Å². The number of nitrogens with zero attached hydrogens (tertiary/aromatic N) is 2. The Labute approximate surface area is 98.8 Å². The number of ether oxygens (including phenoxy) is 1. The minimum Gasteiger partial charge on any atom is -0.490 e. The van der Waals surface area contributed by atoms with E-state index in [4.69, 9.17) is 10.6 Å². The van der Waals surface area contributed by atoms with E-state index in [9.17, 15) is 0 Å². The number of hydrogen-bond donors (Lipinski definition) is 3. The number of hydrazine groups is 1. The van der Waals surface area contributed by atoms with Crippen LogP contribution < -0.4 is 21.3 Å². The molecule has 0 aliphatic heterocycles. The van der Waals surface area contributed by atoms with Crippen molar-refractivity contribution in [1.29, 1.82) is 0 Å². The fraction of sp³-hybridized carbons (Fsp3) is 0.0909. The Morgan fingerprint density at radius 2 is 1.82 bits per heavy atom. The highest BCUT2D eigenvalue weighted by Crippen LogP contribution is 2.30. The van der Waals surface area contributed by atoms with Crippen LogP contribution in [0.3, 0.4) is 0 Å². The number of nitrogen functional groups attached to an aromatic ring is 1. The molecule has 4 N–H and O–H groups in total. The maximum absolute atomic E-state index is 5.34. The van der Waals surface area contributed by atoms with Gasteiger partial charge in [-0.25, -0.2) is 15.8 Å². The molecule has 6 heteroatoms. The van der Waals surface area contributed by atoms with Crippen molar-refractivity contribution in [3.8, 4) is 5.75 Å². The lowest BCUT2D eigenvalue weighted by Crippen LogP contribution is -2.11. The van der Waals surface area contributed by atoms with E-state index in [0.717, 1.165) is 5.69 Å². The van der Waals surface area contributed by atoms with Crippen LogP contribution in [0.15, 0.2) is 36.7 Å². The predicted molar refractivity (Wildman–Crippen MR) is 66.1 cm³/mol. The molecule has 17 heavy (non-hydrogen) atoms. The van der Waals surface area contributed by atoms with Gasteiger partial charge in [-0.2, -0.15) is 0 Å². The summed E-state index contributed by atoms with van der Waals surface area (Å²) in [6.45, 7) is 0. The summed E-state index contributed by atoms with van der Waals surface area (Å²) in [6, 6.07) is 9.65. The molecule has 0 saturated heterocycles. The average molecular weight is 231 g/mol. The highest BCUT2D eigenvalue weighted by molar-refractivity contribution is 5.68. The zero-order valence-corrected chi connectivity index (χ0v) is 9.34. The third-order valence-corrected chi connectivity index (χ3v) is 2.18. The lowest BCUT2D eigenvalue weighted by Gasteiger charge is -2.12. The summed E-state index contributed by atoms with van der Waals surface area (Å²) in [6.07, 6.45) is 1.41. The van der Waals surface area contributed by atoms with Gasteiger partial charge in [0.1, 0.15) is 6.33 Å². The number of anilines is 3. The van der Waals surface area contributed by atoms with E-state index in [0.29, 0.717) is 17.4 Å². The number of nitrogens with two attached hydrogens (primary N) is 1. The molecule has 0 fully saturated rings. The molecule has 0 unspecified atom stereocenters. The van der Waals surface area contributed by atoms with Crippen molar-refractivity contribution in [2.45, 2.75) is 0 Å². The van der Waals surface area contributed by atoms with Crippen LogP contribution in [0.4, 0.5) is 17.3 Å². The first kappa shape index (κ1) is 11.2. The molecule has 0 bridgehead atoms. The van der Waals surface area contributed by atoms with Crippen LogP contribution in [0.25, 0.3) is 0 Å². The van der Waals surface area contributed by atoms with Gasteiger partial charge in [0.15, 0.2) is 11.6 Å². The zero-order chi connectivity index (χ0) is 12.1. The number of hydrogen-bond acceptors (Lipinski definition) is 6. The molecule has 0 spiro atoms. The van der Waals surface area contributed by atoms with Crippen LogP contribution in [-0.2, 0) is 0 Å². The van der Waals surface area contributed by atoms with E-state index in [1.165, 1.54) is 13.4 Å². The molecular weight excluding hydrogens is 218 g/mol. The number of rotatable bonds is 4. The Balaban J connectivity index is 2.33. The fourth-order valence-electron chi connectivity index (χ4n) is 1.42. The Bertz CT molecular complexity index is 488. The molecule has 88 valence electrons. The molecule has 0 saturated carbocycles. The van der Waals surface area contributed by atoms with Crippen molar-refractivity contribution in [2.75, 3.05) is 17.9 Å². The van der Waals surface area contributed by atoms with Crippen molar-refractivity contribution in [1.82, 2.24) is 9.97 Å². The molecule has 1 aromatic heterocycles. The van der Waals surface area contributed by atoms with E-state index in [-0.39, 0.29) is 0 Å². The first-order chi connectivity index (χ1) is 8.35. The molecule has 0 aliphatic carbocycles. The van der Waals surface area contributed by atoms with E-state index in [1.807, 2.05) is 30.3 Å². The van der Waals surface area contributed by atoms with Gasteiger partial charge in [0, 0.05) is 5.69 Å². The predicted octanol–water partition coefficient (Wildman–Crippen LogP) is 1.51. The van der Waals surface area contributed by atoms with Gasteiger partial charge in [-0.1, -0.05) is 18.2 Å². The maximum Gasteiger partial charge on any atom is 0.205 e. The van der Waals surface area contributed by atoms with Gasteiger partial charge in [0.2, 0.25) is 5.75 Å². The van der Waals surface area contributed by atoms with Gasteiger partial charge in [-0.05, 0) is 12.1 Å². The van der Waals surface area contributed by atoms with Crippen LogP contribution in [0.1, 0.15) is 0 Å². The average Bonchev–Trinajstić information content (AvgIpc) is 2.39. The molecular formula is C11H13N5O. The van der Waals surface area contributed by atoms with Crippen LogP contribution in [-0.4, -0.2) is 17.1 Å². The highest BCUT2D eigenvalue weighted by Gasteiger charge is 2.10. The van der Waals surface area contributed by atoms with Crippen LogP contribution in [0.5, 0.6) is 5.75 Å². The van der Waals surface area contributed by atoms with Crippen molar-refractivity contribution >= 4 is 17.3 Å². The molecule has 6 nitrogen and oxygen atoms in total. The van der Waals surface area contributed by atoms with Crippen molar-refractivity contribution in [3.63, 3.8) is 0 Å². The fourth-order valence-corrected chi connectivity index (χ4v) is 1.42. The number of aromatic nitrogens is 2. The summed E-state index contributed by atoms with van der Waals surface area (Å²) in [7, 11) is 1.54. The molecule has 0 amide bonds. The smallest absolute Gasteiger partial charge is 0.205 e. The highest BCUT2D eigenvalue weighted by atomic mass is 16.5. The number of benzene rings is 1. The number of methoxy groups -OCH3 is 1. The monoisotopic (exact) mass is 231 g/mol. The molecule has 0 aliphatic rings. The molecule has 1 aromatic carbocycles. The first-order valence-corrected chi connectivity index (χ1v) is 5.03. The molecule has 1 heterocycles. The van der Waals surface area contributed by atoms with E-state index >= 15 is 0 Å². The summed E-state index contributed by atoms with van der Waals surface area (Å²) in [4.78, 5) is 8.07. The standard InChI is InChI=1S/C11H13N5O/c1-17-9-10(13-7-14-11(9)16-12)15-8-5-3-2-4-6-8/h2-7H,12H2,1H3,(H2,13,14,15,16). The van der Waals surface area contributed by atoms with Gasteiger partial charge >= 0.3 is 0 Å². The lowest BCUT2D eigenvalue weighted by atomic mass is 10.3. The summed E-state index contributed by atoms with van der Waals surface area (Å²) in [5, 5.41) is 3.13. The van der Waals surface area contributed by atoms with Gasteiger partial charge in [-0.3, -0.25) is 0 Å². The number of para-hydroxylation sites is 1. The van der Waals surface area contributed by atoms with E-state index in [1.54, 1.807) is 0 Å². The minimum atomic E-state index is 0.431. The zero-order valence-electron chi connectivity index (χ0n) is 9.34. The summed E-state index contributed by atoms with van der Waals surface area (Å²) in [5.74, 6) is 6.80. The van der Waals surface area contributed by atoms with E-state index in [2.05, 4.69) is 20.7 Å². The third kappa shape index (κ3) is 2.43. The largest absolute Gasteiger partial charge is 0.490 e. The normalized spacial score (nSPS) is 9.76. The maximum atomic E-state index is 5.34.